The predicted molar refractivity (Wildman–Crippen MR) is 74.8 cm³/mol. The first-order valence-electron chi connectivity index (χ1n) is 5.78. The number of hydrogen-bond acceptors (Lipinski definition) is 5. The summed E-state index contributed by atoms with van der Waals surface area (Å²) in [5, 5.41) is 6.77. The van der Waals surface area contributed by atoms with Gasteiger partial charge in [0.2, 0.25) is 5.91 Å². The van der Waals surface area contributed by atoms with Gasteiger partial charge in [-0.25, -0.2) is 8.42 Å². The van der Waals surface area contributed by atoms with Gasteiger partial charge in [-0.3, -0.25) is 14.5 Å². The molecule has 0 bridgehead atoms. The van der Waals surface area contributed by atoms with Crippen molar-refractivity contribution >= 4 is 21.4 Å². The Morgan fingerprint density at radius 2 is 2.15 bits per heavy atom. The van der Waals surface area contributed by atoms with Crippen LogP contribution in [0.2, 0.25) is 0 Å². The monoisotopic (exact) mass is 294 g/mol. The lowest BCUT2D eigenvalue weighted by atomic mass is 10.2. The van der Waals surface area contributed by atoms with Crippen molar-refractivity contribution in [1.82, 2.24) is 14.8 Å². The lowest BCUT2D eigenvalue weighted by Crippen LogP contribution is -2.22. The van der Waals surface area contributed by atoms with Crippen LogP contribution in [0.25, 0.3) is 11.4 Å². The first-order chi connectivity index (χ1) is 9.35. The maximum absolute atomic E-state index is 11.7. The molecule has 0 saturated carbocycles. The molecule has 1 N–H and O–H groups in total. The Hall–Kier alpha value is -2.22. The molecule has 0 atom stereocenters. The predicted octanol–water partition coefficient (Wildman–Crippen LogP) is 0.465. The SMILES string of the molecule is Cn1cc(NC(=O)CS(C)(=O)=O)c(-c2ccccn2)n1. The third-order valence-electron chi connectivity index (χ3n) is 2.40. The number of carbonyl (C=O) groups excluding carboxylic acids is 1. The van der Waals surface area contributed by atoms with Crippen molar-refractivity contribution in [3.63, 3.8) is 0 Å². The van der Waals surface area contributed by atoms with E-state index in [0.29, 0.717) is 17.1 Å². The molecule has 0 aliphatic rings. The molecule has 0 unspecified atom stereocenters. The summed E-state index contributed by atoms with van der Waals surface area (Å²) in [6, 6.07) is 5.34. The minimum atomic E-state index is -3.37. The van der Waals surface area contributed by atoms with Crippen molar-refractivity contribution in [2.24, 2.45) is 7.05 Å². The fourth-order valence-corrected chi connectivity index (χ4v) is 2.24. The largest absolute Gasteiger partial charge is 0.322 e. The Morgan fingerprint density at radius 1 is 1.40 bits per heavy atom. The van der Waals surface area contributed by atoms with Crippen molar-refractivity contribution in [2.75, 3.05) is 17.3 Å². The number of hydrogen-bond donors (Lipinski definition) is 1. The number of nitrogens with zero attached hydrogens (tertiary/aromatic N) is 3. The van der Waals surface area contributed by atoms with E-state index in [1.807, 2.05) is 0 Å². The van der Waals surface area contributed by atoms with Gasteiger partial charge in [0.05, 0.1) is 11.4 Å². The Bertz CT molecular complexity index is 722. The van der Waals surface area contributed by atoms with Gasteiger partial charge in [-0.05, 0) is 12.1 Å². The van der Waals surface area contributed by atoms with Gasteiger partial charge in [0.25, 0.3) is 0 Å². The summed E-state index contributed by atoms with van der Waals surface area (Å²) in [7, 11) is -1.66. The highest BCUT2D eigenvalue weighted by Gasteiger charge is 2.16. The van der Waals surface area contributed by atoms with Crippen LogP contribution < -0.4 is 5.32 Å². The second-order valence-electron chi connectivity index (χ2n) is 4.40. The zero-order chi connectivity index (χ0) is 14.8. The zero-order valence-electron chi connectivity index (χ0n) is 11.1. The van der Waals surface area contributed by atoms with Crippen molar-refractivity contribution in [3.05, 3.63) is 30.6 Å². The van der Waals surface area contributed by atoms with Crippen LogP contribution in [0, 0.1) is 0 Å². The molecule has 0 saturated heterocycles. The molecule has 0 aliphatic carbocycles. The second kappa shape index (κ2) is 5.41. The van der Waals surface area contributed by atoms with E-state index in [1.165, 1.54) is 4.68 Å². The highest BCUT2D eigenvalue weighted by Crippen LogP contribution is 2.24. The smallest absolute Gasteiger partial charge is 0.239 e. The Labute approximate surface area is 116 Å². The van der Waals surface area contributed by atoms with E-state index in [0.717, 1.165) is 6.26 Å². The number of sulfone groups is 1. The van der Waals surface area contributed by atoms with E-state index >= 15 is 0 Å². The number of rotatable bonds is 4. The summed E-state index contributed by atoms with van der Waals surface area (Å²) in [6.07, 6.45) is 4.23. The second-order valence-corrected chi connectivity index (χ2v) is 6.54. The molecule has 1 amide bonds. The van der Waals surface area contributed by atoms with Crippen LogP contribution in [0.5, 0.6) is 0 Å². The minimum absolute atomic E-state index is 0.430. The number of aryl methyl sites for hydroxylation is 1. The van der Waals surface area contributed by atoms with Crippen molar-refractivity contribution in [2.45, 2.75) is 0 Å². The molecule has 8 heteroatoms. The summed E-state index contributed by atoms with van der Waals surface area (Å²) < 4.78 is 23.7. The summed E-state index contributed by atoms with van der Waals surface area (Å²) in [5.74, 6) is -1.17. The standard InChI is InChI=1S/C12H14N4O3S/c1-16-7-10(14-11(17)8-20(2,18)19)12(15-16)9-5-3-4-6-13-9/h3-7H,8H2,1-2H3,(H,14,17). The average molecular weight is 294 g/mol. The maximum Gasteiger partial charge on any atom is 0.239 e. The molecule has 2 aromatic rings. The molecule has 2 aromatic heterocycles. The van der Waals surface area contributed by atoms with Crippen molar-refractivity contribution in [3.8, 4) is 11.4 Å². The molecule has 2 heterocycles. The normalized spacial score (nSPS) is 11.3. The number of aromatic nitrogens is 3. The zero-order valence-corrected chi connectivity index (χ0v) is 11.9. The Balaban J connectivity index is 2.27. The number of amides is 1. The van der Waals surface area contributed by atoms with Crippen LogP contribution in [0.15, 0.2) is 30.6 Å². The molecule has 0 spiro atoms. The number of carbonyl (C=O) groups is 1. The lowest BCUT2D eigenvalue weighted by molar-refractivity contribution is -0.113. The molecule has 106 valence electrons. The van der Waals surface area contributed by atoms with Crippen LogP contribution >= 0.6 is 0 Å². The summed E-state index contributed by atoms with van der Waals surface area (Å²) >= 11 is 0. The number of pyridine rings is 1. The molecule has 0 fully saturated rings. The maximum atomic E-state index is 11.7. The number of anilines is 1. The number of nitrogens with one attached hydrogen (secondary N) is 1. The van der Waals surface area contributed by atoms with Gasteiger partial charge >= 0.3 is 0 Å². The third-order valence-corrected chi connectivity index (χ3v) is 3.19. The van der Waals surface area contributed by atoms with E-state index < -0.39 is 21.5 Å². The van der Waals surface area contributed by atoms with Gasteiger partial charge < -0.3 is 5.32 Å². The van der Waals surface area contributed by atoms with Gasteiger partial charge in [0.15, 0.2) is 9.84 Å². The van der Waals surface area contributed by atoms with Crippen LogP contribution in [-0.2, 0) is 21.7 Å². The van der Waals surface area contributed by atoms with Gasteiger partial charge in [0, 0.05) is 25.7 Å². The minimum Gasteiger partial charge on any atom is -0.322 e. The molecule has 7 nitrogen and oxygen atoms in total. The van der Waals surface area contributed by atoms with Gasteiger partial charge in [0.1, 0.15) is 11.4 Å². The van der Waals surface area contributed by atoms with Crippen LogP contribution in [0.4, 0.5) is 5.69 Å². The van der Waals surface area contributed by atoms with E-state index in [-0.39, 0.29) is 0 Å². The molecule has 20 heavy (non-hydrogen) atoms. The highest BCUT2D eigenvalue weighted by molar-refractivity contribution is 7.91. The summed E-state index contributed by atoms with van der Waals surface area (Å²) in [5.41, 5.74) is 1.53. The van der Waals surface area contributed by atoms with E-state index in [4.69, 9.17) is 0 Å². The lowest BCUT2D eigenvalue weighted by Gasteiger charge is -2.04. The van der Waals surface area contributed by atoms with Gasteiger partial charge in [-0.2, -0.15) is 5.10 Å². The Kier molecular flexibility index (Phi) is 3.84. The highest BCUT2D eigenvalue weighted by atomic mass is 32.2. The fraction of sp³-hybridized carbons (Fsp3) is 0.250. The molecule has 0 aliphatic heterocycles. The van der Waals surface area contributed by atoms with Crippen molar-refractivity contribution in [1.29, 1.82) is 0 Å². The first-order valence-corrected chi connectivity index (χ1v) is 7.84. The van der Waals surface area contributed by atoms with Crippen LogP contribution in [0.1, 0.15) is 0 Å². The molecule has 0 aromatic carbocycles. The topological polar surface area (TPSA) is 94.0 Å². The van der Waals surface area contributed by atoms with Gasteiger partial charge in [-0.15, -0.1) is 0 Å². The summed E-state index contributed by atoms with van der Waals surface area (Å²) in [6.45, 7) is 0. The fourth-order valence-electron chi connectivity index (χ4n) is 1.70. The molecular formula is C12H14N4O3S. The molecule has 2 rings (SSSR count). The molecule has 0 radical (unpaired) electrons. The quantitative estimate of drug-likeness (QED) is 0.884. The van der Waals surface area contributed by atoms with E-state index in [2.05, 4.69) is 15.4 Å². The first kappa shape index (κ1) is 14.2. The third kappa shape index (κ3) is 3.64. The molecular weight excluding hydrogens is 280 g/mol. The van der Waals surface area contributed by atoms with E-state index in [1.54, 1.807) is 37.6 Å². The van der Waals surface area contributed by atoms with Crippen molar-refractivity contribution < 1.29 is 13.2 Å². The summed E-state index contributed by atoms with van der Waals surface area (Å²) in [4.78, 5) is 15.8. The Morgan fingerprint density at radius 3 is 2.75 bits per heavy atom. The van der Waals surface area contributed by atoms with Crippen LogP contribution in [-0.4, -0.2) is 41.1 Å². The van der Waals surface area contributed by atoms with Gasteiger partial charge in [-0.1, -0.05) is 6.07 Å². The van der Waals surface area contributed by atoms with E-state index in [9.17, 15) is 13.2 Å². The average Bonchev–Trinajstić information content (AvgIpc) is 2.68. The van der Waals surface area contributed by atoms with Crippen LogP contribution in [0.3, 0.4) is 0 Å².